The predicted molar refractivity (Wildman–Crippen MR) is 75.1 cm³/mol. The molecule has 1 aliphatic heterocycles. The molecule has 2 fully saturated rings. The van der Waals surface area contributed by atoms with Crippen molar-refractivity contribution in [3.8, 4) is 0 Å². The third-order valence-electron chi connectivity index (χ3n) is 4.19. The highest BCUT2D eigenvalue weighted by molar-refractivity contribution is 9.10. The zero-order valence-corrected chi connectivity index (χ0v) is 12.4. The fourth-order valence-corrected chi connectivity index (χ4v) is 3.77. The van der Waals surface area contributed by atoms with Crippen molar-refractivity contribution in [2.45, 2.75) is 26.3 Å². The maximum absolute atomic E-state index is 12.3. The van der Waals surface area contributed by atoms with Crippen molar-refractivity contribution in [1.82, 2.24) is 4.90 Å². The molecule has 2 atom stereocenters. The number of hydrogen-bond donors (Lipinski definition) is 0. The topological polar surface area (TPSA) is 37.4 Å². The lowest BCUT2D eigenvalue weighted by Gasteiger charge is -2.17. The summed E-state index contributed by atoms with van der Waals surface area (Å²) in [5.41, 5.74) is 0.990. The number of benzene rings is 1. The molecule has 1 aromatic rings. The summed E-state index contributed by atoms with van der Waals surface area (Å²) in [6.07, 6.45) is 1.73. The molecule has 2 aliphatic rings. The van der Waals surface area contributed by atoms with Gasteiger partial charge < -0.3 is 0 Å². The summed E-state index contributed by atoms with van der Waals surface area (Å²) in [5, 5.41) is 0. The van der Waals surface area contributed by atoms with Crippen molar-refractivity contribution in [3.05, 3.63) is 34.3 Å². The minimum atomic E-state index is -0.0605. The molecule has 0 N–H and O–H groups in total. The summed E-state index contributed by atoms with van der Waals surface area (Å²) >= 11 is 3.41. The average Bonchev–Trinajstić information content (AvgIpc) is 2.84. The Morgan fingerprint density at radius 1 is 1.21 bits per heavy atom. The van der Waals surface area contributed by atoms with Gasteiger partial charge in [-0.3, -0.25) is 14.5 Å². The van der Waals surface area contributed by atoms with E-state index in [2.05, 4.69) is 22.9 Å². The predicted octanol–water partition coefficient (Wildman–Crippen LogP) is 2.98. The molecule has 3 rings (SSSR count). The smallest absolute Gasteiger partial charge is 0.233 e. The molecule has 1 aliphatic carbocycles. The van der Waals surface area contributed by atoms with Crippen LogP contribution in [0.4, 0.5) is 0 Å². The molecule has 4 heteroatoms. The molecule has 3 nitrogen and oxygen atoms in total. The zero-order valence-electron chi connectivity index (χ0n) is 10.8. The molecule has 1 saturated carbocycles. The third kappa shape index (κ3) is 2.22. The highest BCUT2D eigenvalue weighted by Gasteiger charge is 2.51. The van der Waals surface area contributed by atoms with Crippen molar-refractivity contribution >= 4 is 27.7 Å². The summed E-state index contributed by atoms with van der Waals surface area (Å²) < 4.78 is 0.970. The largest absolute Gasteiger partial charge is 0.278 e. The lowest BCUT2D eigenvalue weighted by molar-refractivity contribution is -0.141. The molecule has 0 bridgehead atoms. The number of rotatable bonds is 2. The first-order chi connectivity index (χ1) is 9.06. The number of halogens is 1. The van der Waals surface area contributed by atoms with Crippen LogP contribution in [0.2, 0.25) is 0 Å². The maximum atomic E-state index is 12.3. The Balaban J connectivity index is 1.80. The molecule has 100 valence electrons. The van der Waals surface area contributed by atoms with Gasteiger partial charge in [0.1, 0.15) is 0 Å². The lowest BCUT2D eigenvalue weighted by Crippen LogP contribution is -2.31. The number of carbonyl (C=O) groups excluding carboxylic acids is 2. The van der Waals surface area contributed by atoms with Crippen molar-refractivity contribution in [2.24, 2.45) is 17.8 Å². The van der Waals surface area contributed by atoms with Crippen LogP contribution in [0.3, 0.4) is 0 Å². The highest BCUT2D eigenvalue weighted by Crippen LogP contribution is 2.43. The first-order valence-corrected chi connectivity index (χ1v) is 7.45. The number of hydrogen-bond acceptors (Lipinski definition) is 2. The molecular formula is C15H16BrNO2. The van der Waals surface area contributed by atoms with Gasteiger partial charge in [0.05, 0.1) is 18.4 Å². The number of amides is 2. The molecule has 1 saturated heterocycles. The third-order valence-corrected chi connectivity index (χ3v) is 4.69. The van der Waals surface area contributed by atoms with E-state index in [9.17, 15) is 9.59 Å². The van der Waals surface area contributed by atoms with Gasteiger partial charge in [0.15, 0.2) is 0 Å². The minimum absolute atomic E-state index is 0.0272. The molecule has 1 aromatic carbocycles. The van der Waals surface area contributed by atoms with E-state index in [1.807, 2.05) is 24.3 Å². The van der Waals surface area contributed by atoms with E-state index in [0.29, 0.717) is 12.5 Å². The summed E-state index contributed by atoms with van der Waals surface area (Å²) in [7, 11) is 0. The number of nitrogens with zero attached hydrogens (tertiary/aromatic N) is 1. The maximum Gasteiger partial charge on any atom is 0.233 e. The van der Waals surface area contributed by atoms with Crippen molar-refractivity contribution in [1.29, 1.82) is 0 Å². The Morgan fingerprint density at radius 2 is 1.84 bits per heavy atom. The van der Waals surface area contributed by atoms with Crippen LogP contribution in [0.15, 0.2) is 28.7 Å². The second kappa shape index (κ2) is 4.75. The Morgan fingerprint density at radius 3 is 2.42 bits per heavy atom. The van der Waals surface area contributed by atoms with Gasteiger partial charge in [0, 0.05) is 4.47 Å². The molecule has 19 heavy (non-hydrogen) atoms. The normalized spacial score (nSPS) is 30.0. The Bertz CT molecular complexity index is 519. The summed E-state index contributed by atoms with van der Waals surface area (Å²) in [6, 6.07) is 7.76. The molecule has 2 unspecified atom stereocenters. The quantitative estimate of drug-likeness (QED) is 0.785. The second-order valence-electron chi connectivity index (χ2n) is 5.68. The van der Waals surface area contributed by atoms with Gasteiger partial charge in [-0.25, -0.2) is 0 Å². The van der Waals surface area contributed by atoms with Crippen molar-refractivity contribution in [2.75, 3.05) is 0 Å². The summed E-state index contributed by atoms with van der Waals surface area (Å²) in [6.45, 7) is 2.52. The van der Waals surface area contributed by atoms with Crippen LogP contribution in [0, 0.1) is 17.8 Å². The summed E-state index contributed by atoms with van der Waals surface area (Å²) in [5.74, 6) is 0.430. The number of imide groups is 1. The van der Waals surface area contributed by atoms with Gasteiger partial charge in [-0.15, -0.1) is 0 Å². The van der Waals surface area contributed by atoms with Crippen LogP contribution >= 0.6 is 15.9 Å². The van der Waals surface area contributed by atoms with E-state index < -0.39 is 0 Å². The van der Waals surface area contributed by atoms with Gasteiger partial charge in [-0.1, -0.05) is 35.0 Å². The Hall–Kier alpha value is -1.16. The molecule has 0 aromatic heterocycles. The second-order valence-corrected chi connectivity index (χ2v) is 6.60. The van der Waals surface area contributed by atoms with Gasteiger partial charge >= 0.3 is 0 Å². The van der Waals surface area contributed by atoms with E-state index >= 15 is 0 Å². The lowest BCUT2D eigenvalue weighted by atomic mass is 10.00. The van der Waals surface area contributed by atoms with Crippen LogP contribution in [0.1, 0.15) is 25.3 Å². The van der Waals surface area contributed by atoms with Gasteiger partial charge in [0.2, 0.25) is 11.8 Å². The first-order valence-electron chi connectivity index (χ1n) is 6.66. The minimum Gasteiger partial charge on any atom is -0.278 e. The molecular weight excluding hydrogens is 306 g/mol. The molecule has 0 radical (unpaired) electrons. The van der Waals surface area contributed by atoms with Crippen LogP contribution < -0.4 is 0 Å². The van der Waals surface area contributed by atoms with Gasteiger partial charge in [-0.2, -0.15) is 0 Å². The van der Waals surface area contributed by atoms with E-state index in [4.69, 9.17) is 0 Å². The summed E-state index contributed by atoms with van der Waals surface area (Å²) in [4.78, 5) is 26.1. The van der Waals surface area contributed by atoms with Gasteiger partial charge in [-0.05, 0) is 36.5 Å². The van der Waals surface area contributed by atoms with Crippen LogP contribution in [-0.4, -0.2) is 16.7 Å². The molecule has 2 amide bonds. The van der Waals surface area contributed by atoms with Crippen molar-refractivity contribution < 1.29 is 9.59 Å². The van der Waals surface area contributed by atoms with Crippen LogP contribution in [-0.2, 0) is 16.1 Å². The fraction of sp³-hybridized carbons (Fsp3) is 0.467. The SMILES string of the molecule is CC1CC2C(=O)N(Cc3cccc(Br)c3)C(=O)C2C1. The van der Waals surface area contributed by atoms with E-state index in [1.54, 1.807) is 0 Å². The van der Waals surface area contributed by atoms with Crippen molar-refractivity contribution in [3.63, 3.8) is 0 Å². The average molecular weight is 322 g/mol. The first kappa shape index (κ1) is 12.9. The van der Waals surface area contributed by atoms with Crippen LogP contribution in [0.25, 0.3) is 0 Å². The monoisotopic (exact) mass is 321 g/mol. The standard InChI is InChI=1S/C15H16BrNO2/c1-9-5-12-13(6-9)15(19)17(14(12)18)8-10-3-2-4-11(16)7-10/h2-4,7,9,12-13H,5-6,8H2,1H3. The number of carbonyl (C=O) groups is 2. The number of fused-ring (bicyclic) bond motifs is 1. The molecule has 1 heterocycles. The number of likely N-dealkylation sites (tertiary alicyclic amines) is 1. The van der Waals surface area contributed by atoms with Crippen LogP contribution in [0.5, 0.6) is 0 Å². The molecule has 0 spiro atoms. The van der Waals surface area contributed by atoms with E-state index in [1.165, 1.54) is 4.90 Å². The zero-order chi connectivity index (χ0) is 13.6. The Labute approximate surface area is 121 Å². The van der Waals surface area contributed by atoms with E-state index in [0.717, 1.165) is 22.9 Å². The Kier molecular flexibility index (Phi) is 3.21. The van der Waals surface area contributed by atoms with E-state index in [-0.39, 0.29) is 23.7 Å². The fourth-order valence-electron chi connectivity index (χ4n) is 3.32. The van der Waals surface area contributed by atoms with Gasteiger partial charge in [0.25, 0.3) is 0 Å². The highest BCUT2D eigenvalue weighted by atomic mass is 79.9.